The summed E-state index contributed by atoms with van der Waals surface area (Å²) in [5.41, 5.74) is 1.10. The summed E-state index contributed by atoms with van der Waals surface area (Å²) in [5, 5.41) is 3.41. The molecule has 100 valence electrons. The van der Waals surface area contributed by atoms with Crippen LogP contribution in [0.25, 0.3) is 0 Å². The van der Waals surface area contributed by atoms with Gasteiger partial charge in [-0.3, -0.25) is 0 Å². The van der Waals surface area contributed by atoms with Crippen LogP contribution in [0.4, 0.5) is 0 Å². The average Bonchev–Trinajstić information content (AvgIpc) is 3.09. The molecule has 2 aromatic rings. The molecule has 1 aliphatic heterocycles. The molecule has 2 heterocycles. The van der Waals surface area contributed by atoms with E-state index in [0.717, 1.165) is 35.9 Å². The van der Waals surface area contributed by atoms with Crippen molar-refractivity contribution in [3.8, 4) is 5.75 Å². The molecule has 1 aromatic heterocycles. The Morgan fingerprint density at radius 1 is 1.42 bits per heavy atom. The number of oxazole rings is 1. The van der Waals surface area contributed by atoms with Crippen molar-refractivity contribution >= 4 is 0 Å². The molecule has 1 atom stereocenters. The minimum absolute atomic E-state index is 0.332. The van der Waals surface area contributed by atoms with Gasteiger partial charge in [0.05, 0.1) is 25.8 Å². The van der Waals surface area contributed by atoms with Gasteiger partial charge in [-0.05, 0) is 25.5 Å². The molecule has 4 nitrogen and oxygen atoms in total. The third kappa shape index (κ3) is 2.63. The zero-order chi connectivity index (χ0) is 13.1. The lowest BCUT2D eigenvalue weighted by atomic mass is 10.1. The van der Waals surface area contributed by atoms with Crippen molar-refractivity contribution in [1.29, 1.82) is 0 Å². The highest BCUT2D eigenvalue weighted by Gasteiger charge is 2.20. The Labute approximate surface area is 112 Å². The lowest BCUT2D eigenvalue weighted by Crippen LogP contribution is -2.11. The summed E-state index contributed by atoms with van der Waals surface area (Å²) in [6.45, 7) is 1.06. The number of ether oxygens (including phenoxy) is 1. The molecule has 3 rings (SSSR count). The van der Waals surface area contributed by atoms with E-state index in [-0.39, 0.29) is 0 Å². The summed E-state index contributed by atoms with van der Waals surface area (Å²) in [7, 11) is 1.68. The van der Waals surface area contributed by atoms with E-state index in [0.29, 0.717) is 12.5 Å². The normalized spacial score (nSPS) is 18.7. The molecular weight excluding hydrogens is 240 g/mol. The Morgan fingerprint density at radius 3 is 3.11 bits per heavy atom. The Bertz CT molecular complexity index is 545. The monoisotopic (exact) mass is 258 g/mol. The van der Waals surface area contributed by atoms with Crippen molar-refractivity contribution in [3.05, 3.63) is 47.7 Å². The van der Waals surface area contributed by atoms with Crippen LogP contribution in [0.5, 0.6) is 5.75 Å². The lowest BCUT2D eigenvalue weighted by Gasteiger charge is -2.06. The van der Waals surface area contributed by atoms with Gasteiger partial charge in [0, 0.05) is 5.56 Å². The predicted molar refractivity (Wildman–Crippen MR) is 72.3 cm³/mol. The number of aromatic nitrogens is 1. The fourth-order valence-electron chi connectivity index (χ4n) is 2.51. The number of para-hydroxylation sites is 1. The van der Waals surface area contributed by atoms with Gasteiger partial charge < -0.3 is 14.5 Å². The Kier molecular flexibility index (Phi) is 3.51. The van der Waals surface area contributed by atoms with Gasteiger partial charge in [-0.2, -0.15) is 0 Å². The number of nitrogens with zero attached hydrogens (tertiary/aromatic N) is 1. The van der Waals surface area contributed by atoms with E-state index in [2.05, 4.69) is 10.3 Å². The minimum Gasteiger partial charge on any atom is -0.496 e. The molecule has 1 fully saturated rings. The molecule has 0 aliphatic carbocycles. The molecule has 1 N–H and O–H groups in total. The molecule has 1 aliphatic rings. The summed E-state index contributed by atoms with van der Waals surface area (Å²) in [5.74, 6) is 2.57. The van der Waals surface area contributed by atoms with Crippen molar-refractivity contribution in [2.45, 2.75) is 25.3 Å². The molecule has 0 saturated carbocycles. The zero-order valence-electron chi connectivity index (χ0n) is 11.1. The van der Waals surface area contributed by atoms with E-state index < -0.39 is 0 Å². The van der Waals surface area contributed by atoms with E-state index >= 15 is 0 Å². The largest absolute Gasteiger partial charge is 0.496 e. The second-order valence-electron chi connectivity index (χ2n) is 4.79. The van der Waals surface area contributed by atoms with E-state index in [1.165, 1.54) is 6.42 Å². The quantitative estimate of drug-likeness (QED) is 0.916. The third-order valence-electron chi connectivity index (χ3n) is 3.51. The lowest BCUT2D eigenvalue weighted by molar-refractivity contribution is 0.400. The van der Waals surface area contributed by atoms with Crippen LogP contribution >= 0.6 is 0 Å². The van der Waals surface area contributed by atoms with Gasteiger partial charge in [-0.15, -0.1) is 0 Å². The Morgan fingerprint density at radius 2 is 2.32 bits per heavy atom. The van der Waals surface area contributed by atoms with E-state index in [1.54, 1.807) is 7.11 Å². The highest BCUT2D eigenvalue weighted by Crippen LogP contribution is 2.25. The summed E-state index contributed by atoms with van der Waals surface area (Å²) >= 11 is 0. The van der Waals surface area contributed by atoms with Gasteiger partial charge in [-0.25, -0.2) is 4.98 Å². The number of rotatable bonds is 4. The third-order valence-corrected chi connectivity index (χ3v) is 3.51. The average molecular weight is 258 g/mol. The summed E-state index contributed by atoms with van der Waals surface area (Å²) in [6, 6.07) is 8.29. The smallest absolute Gasteiger partial charge is 0.199 e. The van der Waals surface area contributed by atoms with Gasteiger partial charge in [0.1, 0.15) is 11.5 Å². The van der Waals surface area contributed by atoms with Crippen molar-refractivity contribution in [2.75, 3.05) is 13.7 Å². The van der Waals surface area contributed by atoms with Crippen LogP contribution in [0.3, 0.4) is 0 Å². The Balaban J connectivity index is 1.76. The predicted octanol–water partition coefficient (Wildman–Crippen LogP) is 2.70. The molecule has 0 radical (unpaired) electrons. The molecule has 4 heteroatoms. The maximum Gasteiger partial charge on any atom is 0.199 e. The highest BCUT2D eigenvalue weighted by atomic mass is 16.5. The SMILES string of the molecule is COc1ccccc1Cc1ncc(C2CCCN2)o1. The summed E-state index contributed by atoms with van der Waals surface area (Å²) in [6.07, 6.45) is 4.83. The van der Waals surface area contributed by atoms with Crippen LogP contribution in [0.1, 0.15) is 36.1 Å². The molecule has 0 spiro atoms. The first kappa shape index (κ1) is 12.2. The van der Waals surface area contributed by atoms with E-state index in [1.807, 2.05) is 30.5 Å². The van der Waals surface area contributed by atoms with Crippen molar-refractivity contribution in [1.82, 2.24) is 10.3 Å². The molecule has 1 aromatic carbocycles. The first-order valence-corrected chi connectivity index (χ1v) is 6.66. The van der Waals surface area contributed by atoms with Gasteiger partial charge in [0.25, 0.3) is 0 Å². The minimum atomic E-state index is 0.332. The van der Waals surface area contributed by atoms with Crippen LogP contribution in [-0.2, 0) is 6.42 Å². The molecular formula is C15H18N2O2. The highest BCUT2D eigenvalue weighted by molar-refractivity contribution is 5.35. The van der Waals surface area contributed by atoms with Gasteiger partial charge >= 0.3 is 0 Å². The van der Waals surface area contributed by atoms with Crippen LogP contribution in [-0.4, -0.2) is 18.6 Å². The van der Waals surface area contributed by atoms with Crippen LogP contribution < -0.4 is 10.1 Å². The maximum absolute atomic E-state index is 5.84. The number of hydrogen-bond donors (Lipinski definition) is 1. The summed E-state index contributed by atoms with van der Waals surface area (Å²) in [4.78, 5) is 4.37. The van der Waals surface area contributed by atoms with Crippen LogP contribution in [0.2, 0.25) is 0 Å². The maximum atomic E-state index is 5.84. The van der Waals surface area contributed by atoms with E-state index in [9.17, 15) is 0 Å². The standard InChI is InChI=1S/C15H18N2O2/c1-18-13-7-3-2-5-11(13)9-15-17-10-14(19-15)12-6-4-8-16-12/h2-3,5,7,10,12,16H,4,6,8-9H2,1H3. The number of methoxy groups -OCH3 is 1. The zero-order valence-corrected chi connectivity index (χ0v) is 11.1. The second-order valence-corrected chi connectivity index (χ2v) is 4.79. The van der Waals surface area contributed by atoms with E-state index in [4.69, 9.17) is 9.15 Å². The first-order valence-electron chi connectivity index (χ1n) is 6.66. The fraction of sp³-hybridized carbons (Fsp3) is 0.400. The first-order chi connectivity index (χ1) is 9.36. The van der Waals surface area contributed by atoms with Crippen molar-refractivity contribution in [2.24, 2.45) is 0 Å². The number of nitrogens with one attached hydrogen (secondary N) is 1. The molecule has 0 amide bonds. The second kappa shape index (κ2) is 5.45. The number of hydrogen-bond acceptors (Lipinski definition) is 4. The number of benzene rings is 1. The van der Waals surface area contributed by atoms with Crippen LogP contribution in [0.15, 0.2) is 34.9 Å². The molecule has 0 bridgehead atoms. The fourth-order valence-corrected chi connectivity index (χ4v) is 2.51. The molecule has 1 unspecified atom stereocenters. The Hall–Kier alpha value is -1.81. The van der Waals surface area contributed by atoms with Gasteiger partial charge in [0.15, 0.2) is 5.89 Å². The molecule has 1 saturated heterocycles. The topological polar surface area (TPSA) is 47.3 Å². The van der Waals surface area contributed by atoms with Crippen LogP contribution in [0, 0.1) is 0 Å². The van der Waals surface area contributed by atoms with Gasteiger partial charge in [0.2, 0.25) is 0 Å². The summed E-state index contributed by atoms with van der Waals surface area (Å²) < 4.78 is 11.2. The van der Waals surface area contributed by atoms with Crippen molar-refractivity contribution < 1.29 is 9.15 Å². The molecule has 19 heavy (non-hydrogen) atoms. The van der Waals surface area contributed by atoms with Gasteiger partial charge in [-0.1, -0.05) is 18.2 Å². The van der Waals surface area contributed by atoms with Crippen molar-refractivity contribution in [3.63, 3.8) is 0 Å².